The van der Waals surface area contributed by atoms with Gasteiger partial charge in [-0.05, 0) is 84.6 Å². The van der Waals surface area contributed by atoms with Crippen molar-refractivity contribution in [3.63, 3.8) is 0 Å². The molecule has 0 aliphatic carbocycles. The van der Waals surface area contributed by atoms with E-state index in [1.165, 1.54) is 0 Å². The third kappa shape index (κ3) is 3.43. The zero-order chi connectivity index (χ0) is 14.3. The van der Waals surface area contributed by atoms with E-state index in [2.05, 4.69) is 47.8 Å². The maximum absolute atomic E-state index is 13.6. The van der Waals surface area contributed by atoms with Crippen molar-refractivity contribution in [2.24, 2.45) is 0 Å². The van der Waals surface area contributed by atoms with Gasteiger partial charge in [-0.25, -0.2) is 0 Å². The van der Waals surface area contributed by atoms with Crippen LogP contribution in [0.2, 0.25) is 0 Å². The summed E-state index contributed by atoms with van der Waals surface area (Å²) in [4.78, 5) is 1.65. The summed E-state index contributed by atoms with van der Waals surface area (Å²) in [5, 5.41) is 0. The van der Waals surface area contributed by atoms with Crippen molar-refractivity contribution >= 4 is 81.3 Å². The van der Waals surface area contributed by atoms with Gasteiger partial charge in [-0.2, -0.15) is 0 Å². The molecule has 0 saturated carbocycles. The third-order valence-corrected chi connectivity index (χ3v) is 9.97. The minimum absolute atomic E-state index is 0. The molecule has 0 saturated heterocycles. The van der Waals surface area contributed by atoms with Crippen LogP contribution in [0, 0.1) is 0 Å². The van der Waals surface area contributed by atoms with Crippen LogP contribution < -0.4 is 0 Å². The van der Waals surface area contributed by atoms with E-state index in [9.17, 15) is 4.21 Å². The third-order valence-electron chi connectivity index (χ3n) is 3.07. The molecule has 1 nitrogen and oxygen atoms in total. The van der Waals surface area contributed by atoms with Gasteiger partial charge in [-0.3, -0.25) is 4.21 Å². The molecular weight excluding hydrogens is 578 g/mol. The summed E-state index contributed by atoms with van der Waals surface area (Å²) in [5.74, 6) is 0. The van der Waals surface area contributed by atoms with Crippen LogP contribution >= 0.6 is 47.8 Å². The molecule has 0 atom stereocenters. The Balaban J connectivity index is 0.00000200. The van der Waals surface area contributed by atoms with Gasteiger partial charge in [0.1, 0.15) is 0 Å². The Labute approximate surface area is 162 Å². The molecular formula is C14H13Br3OSSb. The van der Waals surface area contributed by atoms with Crippen molar-refractivity contribution in [1.29, 1.82) is 0 Å². The first-order valence-corrected chi connectivity index (χ1v) is 10.7. The van der Waals surface area contributed by atoms with Crippen molar-refractivity contribution in [2.75, 3.05) is 12.5 Å². The first-order valence-electron chi connectivity index (χ1n) is 5.53. The van der Waals surface area contributed by atoms with Crippen molar-refractivity contribution in [3.05, 3.63) is 55.9 Å². The number of hydrogen-bond donors (Lipinski definition) is 0. The molecule has 3 radical (unpaired) electrons. The molecule has 0 heterocycles. The fraction of sp³-hybridized carbons (Fsp3) is 0.143. The molecule has 0 aliphatic rings. The van der Waals surface area contributed by atoms with Crippen LogP contribution in [0.3, 0.4) is 0 Å². The van der Waals surface area contributed by atoms with Gasteiger partial charge in [0.25, 0.3) is 0 Å². The van der Waals surface area contributed by atoms with Crippen molar-refractivity contribution in [3.8, 4) is 0 Å². The summed E-state index contributed by atoms with van der Waals surface area (Å²) in [5.41, 5.74) is 0. The smallest absolute Gasteiger partial charge is 0.0476 e. The Bertz CT molecular complexity index is 695. The molecule has 0 aromatic heterocycles. The quantitative estimate of drug-likeness (QED) is 0.352. The Kier molecular flexibility index (Phi) is 6.17. The van der Waals surface area contributed by atoms with Gasteiger partial charge in [-0.15, -0.1) is 0 Å². The summed E-state index contributed by atoms with van der Waals surface area (Å²) in [6, 6.07) is 13.4. The van der Waals surface area contributed by atoms with Gasteiger partial charge in [0, 0.05) is 47.6 Å². The second kappa shape index (κ2) is 6.53. The number of rotatable bonds is 2. The maximum atomic E-state index is 13.6. The van der Waals surface area contributed by atoms with Crippen LogP contribution in [0.1, 0.15) is 0 Å². The monoisotopic (exact) mass is 587 g/mol. The maximum Gasteiger partial charge on any atom is 0.0476 e. The Hall–Kier alpha value is 0.848. The largest absolute Gasteiger partial charge is 0.274 e. The van der Waals surface area contributed by atoms with Gasteiger partial charge in [0.2, 0.25) is 0 Å². The molecule has 0 unspecified atom stereocenters. The summed E-state index contributed by atoms with van der Waals surface area (Å²) >= 11 is 10.5. The van der Waals surface area contributed by atoms with Crippen LogP contribution in [0.4, 0.5) is 0 Å². The average molecular weight is 591 g/mol. The minimum Gasteiger partial charge on any atom is -0.274 e. The zero-order valence-corrected chi connectivity index (χ0v) is 19.1. The first kappa shape index (κ1) is 18.9. The van der Waals surface area contributed by atoms with E-state index in [0.717, 1.165) is 23.2 Å². The van der Waals surface area contributed by atoms with E-state index in [0.29, 0.717) is 0 Å². The van der Waals surface area contributed by atoms with Gasteiger partial charge in [0.05, 0.1) is 0 Å². The van der Waals surface area contributed by atoms with Gasteiger partial charge >= 0.3 is 0 Å². The second-order valence-electron chi connectivity index (χ2n) is 4.81. The van der Waals surface area contributed by atoms with Crippen LogP contribution in [0.5, 0.6) is 0 Å². The van der Waals surface area contributed by atoms with E-state index in [4.69, 9.17) is 0 Å². The molecule has 0 N–H and O–H groups in total. The normalized spacial score (nSPS) is 13.2. The van der Waals surface area contributed by atoms with E-state index in [1.807, 2.05) is 55.0 Å². The predicted octanol–water partition coefficient (Wildman–Crippen LogP) is 5.09. The summed E-state index contributed by atoms with van der Waals surface area (Å²) < 4.78 is 16.2. The fourth-order valence-corrected chi connectivity index (χ4v) is 7.03. The van der Waals surface area contributed by atoms with E-state index in [-0.39, 0.29) is 24.4 Å². The number of halogens is 3. The number of hydrogen-bond acceptors (Lipinski definition) is 1. The molecule has 20 heavy (non-hydrogen) atoms. The molecule has 0 bridgehead atoms. The van der Waals surface area contributed by atoms with Crippen molar-refractivity contribution < 1.29 is 4.21 Å². The molecule has 0 fully saturated rings. The summed E-state index contributed by atoms with van der Waals surface area (Å²) in [6.45, 7) is 0. The minimum atomic E-state index is -3.11. The van der Waals surface area contributed by atoms with Gasteiger partial charge in [-0.1, -0.05) is 27.3 Å². The van der Waals surface area contributed by atoms with E-state index in [1.54, 1.807) is 0 Å². The van der Waals surface area contributed by atoms with Crippen LogP contribution in [-0.2, 0) is 9.07 Å². The molecule has 0 aliphatic heterocycles. The van der Waals surface area contributed by atoms with Crippen molar-refractivity contribution in [1.82, 2.24) is 0 Å². The topological polar surface area (TPSA) is 17.1 Å². The zero-order valence-electron chi connectivity index (χ0n) is 10.9. The summed E-state index contributed by atoms with van der Waals surface area (Å²) in [6.07, 6.45) is 3.62. The van der Waals surface area contributed by atoms with Gasteiger partial charge in [0.15, 0.2) is 0 Å². The van der Waals surface area contributed by atoms with Crippen molar-refractivity contribution in [2.45, 2.75) is 9.79 Å². The van der Waals surface area contributed by atoms with Crippen LogP contribution in [0.15, 0.2) is 65.7 Å². The van der Waals surface area contributed by atoms with Crippen LogP contribution in [-0.4, -0.2) is 41.1 Å². The van der Waals surface area contributed by atoms with Gasteiger partial charge < -0.3 is 0 Å². The van der Waals surface area contributed by atoms with E-state index < -0.39 is 9.07 Å². The molecule has 2 aromatic rings. The standard InChI is InChI=1S/C14H13Br3OS.Sb/c1-19(2,18,10-6-4-3-5-7-10)12-9-8-11(15)13(16)14(12)17;/h3-9H,1-2H3;. The SMILES string of the molecule is CS(C)(=O)(c1ccccc1)c1ccc(Br)c(Br)c1Br.[Sb]. The second-order valence-corrected chi connectivity index (χ2v) is 11.8. The fourth-order valence-electron chi connectivity index (χ4n) is 1.91. The Morgan fingerprint density at radius 3 is 1.95 bits per heavy atom. The summed E-state index contributed by atoms with van der Waals surface area (Å²) in [7, 11) is -3.11. The molecule has 2 rings (SSSR count). The Morgan fingerprint density at radius 1 is 0.850 bits per heavy atom. The predicted molar refractivity (Wildman–Crippen MR) is 98.3 cm³/mol. The Morgan fingerprint density at radius 2 is 1.40 bits per heavy atom. The molecule has 0 amide bonds. The molecule has 0 spiro atoms. The molecule has 2 aromatic carbocycles. The molecule has 6 heteroatoms. The number of benzene rings is 2. The molecule has 107 valence electrons. The average Bonchev–Trinajstić information content (AvgIpc) is 2.36. The first-order chi connectivity index (χ1) is 8.72. The van der Waals surface area contributed by atoms with Crippen LogP contribution in [0.25, 0.3) is 0 Å². The van der Waals surface area contributed by atoms with E-state index >= 15 is 0 Å².